The Balaban J connectivity index is 2.75. The molecule has 0 radical (unpaired) electrons. The van der Waals surface area contributed by atoms with Crippen molar-refractivity contribution in [2.45, 2.75) is 20.8 Å². The lowest BCUT2D eigenvalue weighted by Crippen LogP contribution is -2.08. The maximum absolute atomic E-state index is 14.2. The first kappa shape index (κ1) is 14.8. The zero-order chi connectivity index (χ0) is 14.9. The Hall–Kier alpha value is -1.56. The topological polar surface area (TPSA) is 37.8 Å². The molecule has 0 aliphatic heterocycles. The highest BCUT2D eigenvalue weighted by Crippen LogP contribution is 2.33. The van der Waals surface area contributed by atoms with Gasteiger partial charge in [-0.25, -0.2) is 18.7 Å². The predicted octanol–water partition coefficient (Wildman–Crippen LogP) is 4.23. The largest absolute Gasteiger partial charge is 0.369 e. The molecule has 1 heterocycles. The van der Waals surface area contributed by atoms with Crippen LogP contribution in [-0.2, 0) is 0 Å². The number of benzene rings is 1. The third kappa shape index (κ3) is 2.65. The second-order valence-electron chi connectivity index (χ2n) is 4.34. The van der Waals surface area contributed by atoms with Gasteiger partial charge in [0.25, 0.3) is 0 Å². The molecule has 0 spiro atoms. The van der Waals surface area contributed by atoms with Crippen LogP contribution < -0.4 is 5.32 Å². The van der Waals surface area contributed by atoms with Crippen LogP contribution in [0.3, 0.4) is 0 Å². The third-order valence-corrected chi connectivity index (χ3v) is 3.54. The molecule has 2 rings (SSSR count). The van der Waals surface area contributed by atoms with E-state index in [1.54, 1.807) is 13.8 Å². The first-order valence-electron chi connectivity index (χ1n) is 6.18. The molecule has 0 fully saturated rings. The Morgan fingerprint density at radius 1 is 1.15 bits per heavy atom. The van der Waals surface area contributed by atoms with E-state index in [0.717, 1.165) is 5.69 Å². The number of nitrogens with zero attached hydrogens (tertiary/aromatic N) is 2. The molecular weight excluding hydrogens is 328 g/mol. The van der Waals surface area contributed by atoms with E-state index in [4.69, 9.17) is 0 Å². The summed E-state index contributed by atoms with van der Waals surface area (Å²) in [5, 5.41) is 2.99. The van der Waals surface area contributed by atoms with Crippen molar-refractivity contribution in [3.05, 3.63) is 39.6 Å². The molecule has 0 bridgehead atoms. The highest BCUT2D eigenvalue weighted by molar-refractivity contribution is 9.10. The molecule has 20 heavy (non-hydrogen) atoms. The van der Waals surface area contributed by atoms with Gasteiger partial charge < -0.3 is 5.32 Å². The van der Waals surface area contributed by atoms with Crippen LogP contribution in [0.4, 0.5) is 14.6 Å². The summed E-state index contributed by atoms with van der Waals surface area (Å²) in [6.07, 6.45) is 0. The molecule has 0 saturated heterocycles. The number of hydrogen-bond donors (Lipinski definition) is 1. The van der Waals surface area contributed by atoms with Gasteiger partial charge in [0.2, 0.25) is 0 Å². The number of rotatable bonds is 3. The highest BCUT2D eigenvalue weighted by Gasteiger charge is 2.20. The summed E-state index contributed by atoms with van der Waals surface area (Å²) in [5.74, 6) is -0.962. The van der Waals surface area contributed by atoms with Gasteiger partial charge in [-0.1, -0.05) is 0 Å². The average molecular weight is 342 g/mol. The molecule has 0 saturated carbocycles. The van der Waals surface area contributed by atoms with Gasteiger partial charge in [-0.15, -0.1) is 0 Å². The summed E-state index contributed by atoms with van der Waals surface area (Å²) in [6, 6.07) is 2.53. The normalized spacial score (nSPS) is 10.7. The molecule has 0 amide bonds. The molecule has 0 unspecified atom stereocenters. The van der Waals surface area contributed by atoms with Gasteiger partial charge in [-0.3, -0.25) is 0 Å². The van der Waals surface area contributed by atoms with Crippen LogP contribution in [0.15, 0.2) is 16.6 Å². The van der Waals surface area contributed by atoms with Gasteiger partial charge in [0, 0.05) is 6.54 Å². The van der Waals surface area contributed by atoms with Gasteiger partial charge >= 0.3 is 0 Å². The van der Waals surface area contributed by atoms with E-state index in [1.165, 1.54) is 12.1 Å². The Labute approximate surface area is 124 Å². The van der Waals surface area contributed by atoms with Crippen LogP contribution in [0.5, 0.6) is 0 Å². The molecule has 1 N–H and O–H groups in total. The number of halogens is 3. The average Bonchev–Trinajstić information content (AvgIpc) is 2.40. The van der Waals surface area contributed by atoms with Crippen LogP contribution in [0.1, 0.15) is 18.3 Å². The third-order valence-electron chi connectivity index (χ3n) is 2.93. The fourth-order valence-electron chi connectivity index (χ4n) is 1.81. The van der Waals surface area contributed by atoms with E-state index < -0.39 is 11.6 Å². The van der Waals surface area contributed by atoms with Crippen molar-refractivity contribution in [1.29, 1.82) is 0 Å². The standard InChI is InChI=1S/C14H14BrF2N3/c1-4-18-14-13(19-7(2)8(3)20-14)11-10(16)6-5-9(15)12(11)17/h5-6H,4H2,1-3H3,(H,18,20). The van der Waals surface area contributed by atoms with Gasteiger partial charge in [-0.05, 0) is 48.8 Å². The number of anilines is 1. The number of nitrogens with one attached hydrogen (secondary N) is 1. The van der Waals surface area contributed by atoms with E-state index in [2.05, 4.69) is 31.2 Å². The quantitative estimate of drug-likeness (QED) is 0.848. The second-order valence-corrected chi connectivity index (χ2v) is 5.19. The van der Waals surface area contributed by atoms with Gasteiger partial charge in [0.05, 0.1) is 21.4 Å². The SMILES string of the molecule is CCNc1nc(C)c(C)nc1-c1c(F)ccc(Br)c1F. The Morgan fingerprint density at radius 2 is 1.80 bits per heavy atom. The molecule has 2 aromatic rings. The predicted molar refractivity (Wildman–Crippen MR) is 78.7 cm³/mol. The number of hydrogen-bond acceptors (Lipinski definition) is 3. The van der Waals surface area contributed by atoms with Crippen LogP contribution in [-0.4, -0.2) is 16.5 Å². The van der Waals surface area contributed by atoms with Crippen molar-refractivity contribution in [2.75, 3.05) is 11.9 Å². The van der Waals surface area contributed by atoms with Crippen molar-refractivity contribution >= 4 is 21.7 Å². The minimum atomic E-state index is -0.679. The van der Waals surface area contributed by atoms with Crippen LogP contribution in [0, 0.1) is 25.5 Å². The summed E-state index contributed by atoms with van der Waals surface area (Å²) in [7, 11) is 0. The molecule has 6 heteroatoms. The van der Waals surface area contributed by atoms with Crippen LogP contribution in [0.25, 0.3) is 11.3 Å². The zero-order valence-corrected chi connectivity index (χ0v) is 13.0. The van der Waals surface area contributed by atoms with Crippen LogP contribution in [0.2, 0.25) is 0 Å². The highest BCUT2D eigenvalue weighted by atomic mass is 79.9. The molecule has 1 aromatic carbocycles. The molecule has 0 aliphatic carbocycles. The molecule has 0 atom stereocenters. The van der Waals surface area contributed by atoms with Gasteiger partial charge in [0.1, 0.15) is 17.3 Å². The van der Waals surface area contributed by atoms with Crippen molar-refractivity contribution < 1.29 is 8.78 Å². The van der Waals surface area contributed by atoms with E-state index in [9.17, 15) is 8.78 Å². The maximum atomic E-state index is 14.2. The summed E-state index contributed by atoms with van der Waals surface area (Å²) in [4.78, 5) is 8.63. The fraction of sp³-hybridized carbons (Fsp3) is 0.286. The summed E-state index contributed by atoms with van der Waals surface area (Å²) in [6.45, 7) is 6.03. The van der Waals surface area contributed by atoms with E-state index in [0.29, 0.717) is 18.1 Å². The van der Waals surface area contributed by atoms with Crippen molar-refractivity contribution in [3.63, 3.8) is 0 Å². The Kier molecular flexibility index (Phi) is 4.32. The fourth-order valence-corrected chi connectivity index (χ4v) is 2.14. The number of aryl methyl sites for hydroxylation is 2. The second kappa shape index (κ2) is 5.83. The maximum Gasteiger partial charge on any atom is 0.153 e. The number of aromatic nitrogens is 2. The lowest BCUT2D eigenvalue weighted by Gasteiger charge is -2.13. The minimum Gasteiger partial charge on any atom is -0.369 e. The first-order valence-corrected chi connectivity index (χ1v) is 6.98. The Morgan fingerprint density at radius 3 is 2.45 bits per heavy atom. The lowest BCUT2D eigenvalue weighted by atomic mass is 10.1. The Bertz CT molecular complexity index is 659. The van der Waals surface area contributed by atoms with Crippen molar-refractivity contribution in [2.24, 2.45) is 0 Å². The molecule has 106 valence electrons. The van der Waals surface area contributed by atoms with E-state index in [1.807, 2.05) is 6.92 Å². The molecular formula is C14H14BrF2N3. The zero-order valence-electron chi connectivity index (χ0n) is 11.4. The lowest BCUT2D eigenvalue weighted by molar-refractivity contribution is 0.584. The smallest absolute Gasteiger partial charge is 0.153 e. The monoisotopic (exact) mass is 341 g/mol. The first-order chi connectivity index (χ1) is 9.45. The van der Waals surface area contributed by atoms with Gasteiger partial charge in [0.15, 0.2) is 5.82 Å². The van der Waals surface area contributed by atoms with Crippen molar-refractivity contribution in [1.82, 2.24) is 9.97 Å². The van der Waals surface area contributed by atoms with Crippen LogP contribution >= 0.6 is 15.9 Å². The van der Waals surface area contributed by atoms with Gasteiger partial charge in [-0.2, -0.15) is 0 Å². The van der Waals surface area contributed by atoms with E-state index in [-0.39, 0.29) is 15.7 Å². The summed E-state index contributed by atoms with van der Waals surface area (Å²) in [5.41, 5.74) is 1.37. The molecule has 0 aliphatic rings. The van der Waals surface area contributed by atoms with Crippen molar-refractivity contribution in [3.8, 4) is 11.3 Å². The summed E-state index contributed by atoms with van der Waals surface area (Å²) < 4.78 is 28.4. The molecule has 3 nitrogen and oxygen atoms in total. The summed E-state index contributed by atoms with van der Waals surface area (Å²) >= 11 is 3.06. The van der Waals surface area contributed by atoms with E-state index >= 15 is 0 Å². The minimum absolute atomic E-state index is 0.175. The molecule has 1 aromatic heterocycles.